The Morgan fingerprint density at radius 2 is 2.19 bits per heavy atom. The normalized spacial score (nSPS) is 21.2. The van der Waals surface area contributed by atoms with E-state index in [2.05, 4.69) is 5.32 Å². The van der Waals surface area contributed by atoms with E-state index in [4.69, 9.17) is 21.4 Å². The number of benzene rings is 1. The van der Waals surface area contributed by atoms with E-state index in [1.54, 1.807) is 12.1 Å². The highest BCUT2D eigenvalue weighted by Crippen LogP contribution is 2.28. The fraction of sp³-hybridized carbons (Fsp3) is 0.385. The monoisotopic (exact) mass is 314 g/mol. The first kappa shape index (κ1) is 15.4. The molecule has 2 amide bonds. The lowest BCUT2D eigenvalue weighted by molar-refractivity contribution is -0.141. The Morgan fingerprint density at radius 1 is 1.48 bits per heavy atom. The smallest absolute Gasteiger partial charge is 0.326 e. The molecule has 2 atom stereocenters. The lowest BCUT2D eigenvalue weighted by Crippen LogP contribution is -2.43. The number of anilines is 1. The Morgan fingerprint density at radius 3 is 2.76 bits per heavy atom. The maximum atomic E-state index is 12.1. The van der Waals surface area contributed by atoms with Gasteiger partial charge in [0.2, 0.25) is 0 Å². The zero-order valence-electron chi connectivity index (χ0n) is 11.2. The van der Waals surface area contributed by atoms with Crippen LogP contribution in [-0.4, -0.2) is 52.9 Å². The van der Waals surface area contributed by atoms with Crippen molar-refractivity contribution in [1.29, 1.82) is 0 Å². The average molecular weight is 315 g/mol. The quantitative estimate of drug-likeness (QED) is 0.783. The summed E-state index contributed by atoms with van der Waals surface area (Å²) in [6, 6.07) is 3.05. The minimum Gasteiger partial charge on any atom is -0.495 e. The van der Waals surface area contributed by atoms with Gasteiger partial charge in [-0.1, -0.05) is 11.6 Å². The van der Waals surface area contributed by atoms with Crippen molar-refractivity contribution in [2.45, 2.75) is 18.6 Å². The summed E-state index contributed by atoms with van der Waals surface area (Å²) in [4.78, 5) is 24.3. The van der Waals surface area contributed by atoms with Gasteiger partial charge in [-0.3, -0.25) is 0 Å². The second kappa shape index (κ2) is 6.19. The molecule has 0 aromatic heterocycles. The number of halogens is 1. The van der Waals surface area contributed by atoms with Crippen molar-refractivity contribution in [1.82, 2.24) is 4.90 Å². The molecule has 21 heavy (non-hydrogen) atoms. The van der Waals surface area contributed by atoms with Crippen LogP contribution in [0.15, 0.2) is 18.2 Å². The maximum Gasteiger partial charge on any atom is 0.326 e. The highest BCUT2D eigenvalue weighted by Gasteiger charge is 2.39. The number of amides is 2. The highest BCUT2D eigenvalue weighted by molar-refractivity contribution is 6.32. The summed E-state index contributed by atoms with van der Waals surface area (Å²) < 4.78 is 5.00. The summed E-state index contributed by atoms with van der Waals surface area (Å²) in [6.07, 6.45) is -0.817. The summed E-state index contributed by atoms with van der Waals surface area (Å²) >= 11 is 5.95. The third-order valence-corrected chi connectivity index (χ3v) is 3.52. The molecule has 3 N–H and O–H groups in total. The maximum absolute atomic E-state index is 12.1. The fourth-order valence-electron chi connectivity index (χ4n) is 2.21. The number of β-amino-alcohol motifs (C(OH)–C–C–N with tert-alkyl or cyclic N) is 1. The molecule has 1 heterocycles. The molecule has 0 saturated carbocycles. The van der Waals surface area contributed by atoms with Gasteiger partial charge in [-0.2, -0.15) is 0 Å². The van der Waals surface area contributed by atoms with Gasteiger partial charge in [0.25, 0.3) is 0 Å². The number of aliphatic hydroxyl groups is 1. The predicted molar refractivity (Wildman–Crippen MR) is 75.8 cm³/mol. The number of aliphatic carboxylic acids is 1. The summed E-state index contributed by atoms with van der Waals surface area (Å²) in [5, 5.41) is 21.5. The third kappa shape index (κ3) is 3.37. The molecule has 1 saturated heterocycles. The Bertz CT molecular complexity index is 565. The van der Waals surface area contributed by atoms with E-state index in [0.717, 1.165) is 4.90 Å². The van der Waals surface area contributed by atoms with Crippen molar-refractivity contribution >= 4 is 29.3 Å². The summed E-state index contributed by atoms with van der Waals surface area (Å²) in [7, 11) is 1.47. The predicted octanol–water partition coefficient (Wildman–Crippen LogP) is 1.40. The van der Waals surface area contributed by atoms with Gasteiger partial charge in [0.15, 0.2) is 0 Å². The lowest BCUT2D eigenvalue weighted by atomic mass is 10.2. The molecule has 1 aromatic carbocycles. The van der Waals surface area contributed by atoms with E-state index in [1.165, 1.54) is 13.2 Å². The van der Waals surface area contributed by atoms with Gasteiger partial charge in [-0.25, -0.2) is 9.59 Å². The van der Waals surface area contributed by atoms with Crippen LogP contribution in [0.3, 0.4) is 0 Å². The van der Waals surface area contributed by atoms with E-state index in [1.807, 2.05) is 0 Å². The highest BCUT2D eigenvalue weighted by atomic mass is 35.5. The minimum atomic E-state index is -1.14. The second-order valence-electron chi connectivity index (χ2n) is 4.68. The average Bonchev–Trinajstić information content (AvgIpc) is 2.81. The van der Waals surface area contributed by atoms with Gasteiger partial charge in [-0.05, 0) is 18.2 Å². The number of rotatable bonds is 3. The zero-order chi connectivity index (χ0) is 15.6. The van der Waals surface area contributed by atoms with Crippen LogP contribution in [0.4, 0.5) is 10.5 Å². The largest absolute Gasteiger partial charge is 0.495 e. The van der Waals surface area contributed by atoms with E-state index in [-0.39, 0.29) is 13.0 Å². The standard InChI is InChI=1S/C13H15ClN2O5/c1-21-11-3-2-7(4-9(11)14)15-13(20)16-6-8(17)5-10(16)12(18)19/h2-4,8,10,17H,5-6H2,1H3,(H,15,20)(H,18,19)/t8?,10-/m0/s1. The molecule has 1 aliphatic rings. The Hall–Kier alpha value is -1.99. The number of hydrogen-bond donors (Lipinski definition) is 3. The van der Waals surface area contributed by atoms with Gasteiger partial charge in [-0.15, -0.1) is 0 Å². The number of carbonyl (C=O) groups excluding carboxylic acids is 1. The Kier molecular flexibility index (Phi) is 4.54. The molecule has 0 bridgehead atoms. The van der Waals surface area contributed by atoms with Crippen LogP contribution >= 0.6 is 11.6 Å². The van der Waals surface area contributed by atoms with Crippen molar-refractivity contribution in [3.63, 3.8) is 0 Å². The molecule has 2 rings (SSSR count). The number of carboxylic acids is 1. The molecule has 1 fully saturated rings. The molecule has 0 radical (unpaired) electrons. The molecular weight excluding hydrogens is 300 g/mol. The number of methoxy groups -OCH3 is 1. The molecule has 7 nitrogen and oxygen atoms in total. The number of carboxylic acid groups (broad SMARTS) is 1. The molecule has 1 unspecified atom stereocenters. The summed E-state index contributed by atoms with van der Waals surface area (Å²) in [6.45, 7) is -0.0211. The molecule has 1 aromatic rings. The van der Waals surface area contributed by atoms with Crippen LogP contribution in [0.5, 0.6) is 5.75 Å². The number of nitrogens with one attached hydrogen (secondary N) is 1. The molecule has 0 aliphatic carbocycles. The molecule has 8 heteroatoms. The lowest BCUT2D eigenvalue weighted by Gasteiger charge is -2.21. The molecule has 1 aliphatic heterocycles. The molecular formula is C13H15ClN2O5. The van der Waals surface area contributed by atoms with Crippen LogP contribution < -0.4 is 10.1 Å². The number of aliphatic hydroxyl groups excluding tert-OH is 1. The SMILES string of the molecule is COc1ccc(NC(=O)N2CC(O)C[C@H]2C(=O)O)cc1Cl. The van der Waals surface area contributed by atoms with Gasteiger partial charge >= 0.3 is 12.0 Å². The topological polar surface area (TPSA) is 99.1 Å². The number of likely N-dealkylation sites (tertiary alicyclic amines) is 1. The summed E-state index contributed by atoms with van der Waals surface area (Å²) in [5.74, 6) is -0.677. The number of nitrogens with zero attached hydrogens (tertiary/aromatic N) is 1. The molecule has 114 valence electrons. The number of carbonyl (C=O) groups is 2. The van der Waals surface area contributed by atoms with E-state index in [0.29, 0.717) is 16.5 Å². The van der Waals surface area contributed by atoms with Crippen LogP contribution in [-0.2, 0) is 4.79 Å². The van der Waals surface area contributed by atoms with Crippen LogP contribution in [0, 0.1) is 0 Å². The van der Waals surface area contributed by atoms with Gasteiger partial charge in [0, 0.05) is 18.7 Å². The Labute approximate surface area is 126 Å². The third-order valence-electron chi connectivity index (χ3n) is 3.23. The van der Waals surface area contributed by atoms with Crippen LogP contribution in [0.25, 0.3) is 0 Å². The van der Waals surface area contributed by atoms with Crippen LogP contribution in [0.1, 0.15) is 6.42 Å². The first-order valence-corrected chi connectivity index (χ1v) is 6.62. The van der Waals surface area contributed by atoms with E-state index >= 15 is 0 Å². The van der Waals surface area contributed by atoms with Crippen molar-refractivity contribution < 1.29 is 24.5 Å². The van der Waals surface area contributed by atoms with Crippen molar-refractivity contribution in [2.75, 3.05) is 19.0 Å². The van der Waals surface area contributed by atoms with Crippen molar-refractivity contribution in [2.24, 2.45) is 0 Å². The first-order valence-electron chi connectivity index (χ1n) is 6.24. The zero-order valence-corrected chi connectivity index (χ0v) is 12.0. The van der Waals surface area contributed by atoms with Crippen molar-refractivity contribution in [3.05, 3.63) is 23.2 Å². The van der Waals surface area contributed by atoms with Gasteiger partial charge < -0.3 is 25.2 Å². The van der Waals surface area contributed by atoms with Crippen LogP contribution in [0.2, 0.25) is 5.02 Å². The van der Waals surface area contributed by atoms with E-state index < -0.39 is 24.1 Å². The van der Waals surface area contributed by atoms with Gasteiger partial charge in [0.1, 0.15) is 11.8 Å². The second-order valence-corrected chi connectivity index (χ2v) is 5.08. The van der Waals surface area contributed by atoms with Gasteiger partial charge in [0.05, 0.1) is 18.2 Å². The number of ether oxygens (including phenoxy) is 1. The number of hydrogen-bond acceptors (Lipinski definition) is 4. The first-order chi connectivity index (χ1) is 9.92. The minimum absolute atomic E-state index is 0.0200. The van der Waals surface area contributed by atoms with E-state index in [9.17, 15) is 14.7 Å². The van der Waals surface area contributed by atoms with Crippen molar-refractivity contribution in [3.8, 4) is 5.75 Å². The summed E-state index contributed by atoms with van der Waals surface area (Å²) in [5.41, 5.74) is 0.413. The number of urea groups is 1. The molecule has 0 spiro atoms. The fourth-order valence-corrected chi connectivity index (χ4v) is 2.47. The Balaban J connectivity index is 2.10.